The van der Waals surface area contributed by atoms with Gasteiger partial charge in [-0.15, -0.1) is 0 Å². The van der Waals surface area contributed by atoms with E-state index in [0.29, 0.717) is 18.0 Å². The Balaban J connectivity index is 1.96. The largest absolute Gasteiger partial charge is 0.355 e. The molecule has 1 N–H and O–H groups in total. The molecular formula is C28H31ClN2O2. The maximum atomic E-state index is 13.8. The van der Waals surface area contributed by atoms with Gasteiger partial charge in [0.05, 0.1) is 0 Å². The first-order valence-electron chi connectivity index (χ1n) is 11.5. The van der Waals surface area contributed by atoms with Crippen LogP contribution < -0.4 is 5.32 Å². The number of rotatable bonds is 10. The van der Waals surface area contributed by atoms with E-state index in [4.69, 9.17) is 11.6 Å². The molecule has 0 saturated carbocycles. The number of nitrogens with zero attached hydrogens (tertiary/aromatic N) is 1. The van der Waals surface area contributed by atoms with E-state index in [1.807, 2.05) is 98.8 Å². The fraction of sp³-hybridized carbons (Fsp3) is 0.286. The molecule has 0 heterocycles. The van der Waals surface area contributed by atoms with Crippen molar-refractivity contribution in [3.8, 4) is 0 Å². The third kappa shape index (κ3) is 6.45. The maximum absolute atomic E-state index is 13.8. The molecule has 0 aliphatic carbocycles. The van der Waals surface area contributed by atoms with E-state index in [2.05, 4.69) is 5.32 Å². The molecule has 0 bridgehead atoms. The Labute approximate surface area is 201 Å². The minimum absolute atomic E-state index is 0.0780. The lowest BCUT2D eigenvalue weighted by molar-refractivity contribution is -0.141. The normalized spacial score (nSPS) is 11.8. The van der Waals surface area contributed by atoms with Crippen LogP contribution in [0.25, 0.3) is 0 Å². The number of halogens is 1. The van der Waals surface area contributed by atoms with Gasteiger partial charge in [0.25, 0.3) is 0 Å². The zero-order valence-electron chi connectivity index (χ0n) is 19.2. The van der Waals surface area contributed by atoms with Gasteiger partial charge in [-0.3, -0.25) is 9.59 Å². The summed E-state index contributed by atoms with van der Waals surface area (Å²) in [5.74, 6) is -0.331. The lowest BCUT2D eigenvalue weighted by Gasteiger charge is -2.32. The molecule has 3 aromatic carbocycles. The van der Waals surface area contributed by atoms with Crippen molar-refractivity contribution in [1.29, 1.82) is 0 Å². The predicted octanol–water partition coefficient (Wildman–Crippen LogP) is 5.81. The van der Waals surface area contributed by atoms with Gasteiger partial charge in [-0.2, -0.15) is 0 Å². The van der Waals surface area contributed by atoms with Crippen LogP contribution in [0, 0.1) is 0 Å². The second-order valence-electron chi connectivity index (χ2n) is 8.01. The number of likely N-dealkylation sites (N-methyl/N-ethyl adjacent to an activating group) is 1. The minimum Gasteiger partial charge on any atom is -0.355 e. The zero-order chi connectivity index (χ0) is 23.6. The molecule has 0 spiro atoms. The molecule has 4 nitrogen and oxygen atoms in total. The van der Waals surface area contributed by atoms with Crippen LogP contribution in [0.4, 0.5) is 0 Å². The first-order valence-corrected chi connectivity index (χ1v) is 11.8. The molecule has 0 aliphatic rings. The van der Waals surface area contributed by atoms with Crippen molar-refractivity contribution in [3.63, 3.8) is 0 Å². The van der Waals surface area contributed by atoms with Gasteiger partial charge in [0.1, 0.15) is 6.04 Å². The first kappa shape index (κ1) is 24.5. The van der Waals surface area contributed by atoms with Gasteiger partial charge in [0.2, 0.25) is 11.8 Å². The lowest BCUT2D eigenvalue weighted by Crippen LogP contribution is -2.49. The average Bonchev–Trinajstić information content (AvgIpc) is 2.84. The molecule has 1 atom stereocenters. The van der Waals surface area contributed by atoms with E-state index in [9.17, 15) is 9.59 Å². The summed E-state index contributed by atoms with van der Waals surface area (Å²) in [6.45, 7) is 4.61. The molecule has 0 radical (unpaired) electrons. The van der Waals surface area contributed by atoms with Gasteiger partial charge in [0.15, 0.2) is 0 Å². The topological polar surface area (TPSA) is 49.4 Å². The molecule has 3 rings (SSSR count). The maximum Gasteiger partial charge on any atom is 0.242 e. The van der Waals surface area contributed by atoms with Gasteiger partial charge < -0.3 is 10.2 Å². The summed E-state index contributed by atoms with van der Waals surface area (Å²) in [4.78, 5) is 28.4. The summed E-state index contributed by atoms with van der Waals surface area (Å²) in [5.41, 5.74) is 2.97. The van der Waals surface area contributed by atoms with Crippen LogP contribution in [0.2, 0.25) is 5.02 Å². The van der Waals surface area contributed by atoms with Gasteiger partial charge in [0, 0.05) is 30.5 Å². The van der Waals surface area contributed by atoms with Crippen LogP contribution in [0.15, 0.2) is 84.9 Å². The quantitative estimate of drug-likeness (QED) is 0.413. The summed E-state index contributed by atoms with van der Waals surface area (Å²) in [6.07, 6.45) is 0.776. The summed E-state index contributed by atoms with van der Waals surface area (Å²) in [7, 11) is 0. The highest BCUT2D eigenvalue weighted by molar-refractivity contribution is 6.31. The third-order valence-electron chi connectivity index (χ3n) is 5.82. The number of nitrogens with one attached hydrogen (secondary N) is 1. The van der Waals surface area contributed by atoms with E-state index >= 15 is 0 Å². The molecule has 0 aromatic heterocycles. The summed E-state index contributed by atoms with van der Waals surface area (Å²) >= 11 is 6.42. The van der Waals surface area contributed by atoms with E-state index in [0.717, 1.165) is 16.7 Å². The van der Waals surface area contributed by atoms with Crippen molar-refractivity contribution in [2.75, 3.05) is 6.54 Å². The molecule has 2 amide bonds. The highest BCUT2D eigenvalue weighted by atomic mass is 35.5. The van der Waals surface area contributed by atoms with Crippen molar-refractivity contribution in [1.82, 2.24) is 10.2 Å². The number of hydrogen-bond acceptors (Lipinski definition) is 2. The van der Waals surface area contributed by atoms with Gasteiger partial charge in [-0.25, -0.2) is 0 Å². The third-order valence-corrected chi connectivity index (χ3v) is 6.19. The number of hydrogen-bond donors (Lipinski definition) is 1. The first-order chi connectivity index (χ1) is 16.0. The SMILES string of the molecule is CCNC(=O)[C@@H](CC)N(Cc1ccccc1Cl)C(=O)CC(c1ccccc1)c1ccccc1. The van der Waals surface area contributed by atoms with Gasteiger partial charge in [-0.05, 0) is 36.1 Å². The van der Waals surface area contributed by atoms with E-state index < -0.39 is 6.04 Å². The molecular weight excluding hydrogens is 432 g/mol. The standard InChI is InChI=1S/C28H31ClN2O2/c1-3-26(28(33)30-4-2)31(20-23-17-11-12-18-25(23)29)27(32)19-24(21-13-7-5-8-14-21)22-15-9-6-10-16-22/h5-18,24,26H,3-4,19-20H2,1-2H3,(H,30,33)/t26-/m1/s1. The number of benzene rings is 3. The van der Waals surface area contributed by atoms with Crippen LogP contribution >= 0.6 is 11.6 Å². The number of amides is 2. The van der Waals surface area contributed by atoms with Gasteiger partial charge >= 0.3 is 0 Å². The Morgan fingerprint density at radius 1 is 0.848 bits per heavy atom. The van der Waals surface area contributed by atoms with Crippen molar-refractivity contribution in [2.45, 2.75) is 45.2 Å². The van der Waals surface area contributed by atoms with Crippen LogP contribution in [0.3, 0.4) is 0 Å². The van der Waals surface area contributed by atoms with Crippen LogP contribution in [-0.2, 0) is 16.1 Å². The molecule has 0 saturated heterocycles. The molecule has 33 heavy (non-hydrogen) atoms. The Bertz CT molecular complexity index is 1000. The molecule has 0 fully saturated rings. The van der Waals surface area contributed by atoms with Crippen molar-refractivity contribution < 1.29 is 9.59 Å². The Kier molecular flexibility index (Phi) is 9.08. The van der Waals surface area contributed by atoms with Crippen molar-refractivity contribution in [3.05, 3.63) is 107 Å². The Morgan fingerprint density at radius 3 is 1.91 bits per heavy atom. The average molecular weight is 463 g/mol. The second-order valence-corrected chi connectivity index (χ2v) is 8.42. The monoisotopic (exact) mass is 462 g/mol. The predicted molar refractivity (Wildman–Crippen MR) is 134 cm³/mol. The highest BCUT2D eigenvalue weighted by Gasteiger charge is 2.31. The lowest BCUT2D eigenvalue weighted by atomic mass is 9.88. The summed E-state index contributed by atoms with van der Waals surface area (Å²) in [5, 5.41) is 3.47. The number of carbonyl (C=O) groups excluding carboxylic acids is 2. The molecule has 0 aliphatic heterocycles. The highest BCUT2D eigenvalue weighted by Crippen LogP contribution is 2.30. The zero-order valence-corrected chi connectivity index (χ0v) is 20.0. The number of carbonyl (C=O) groups is 2. The summed E-state index contributed by atoms with van der Waals surface area (Å²) in [6, 6.07) is 27.0. The fourth-order valence-corrected chi connectivity index (χ4v) is 4.31. The Morgan fingerprint density at radius 2 is 1.39 bits per heavy atom. The summed E-state index contributed by atoms with van der Waals surface area (Å²) < 4.78 is 0. The fourth-order valence-electron chi connectivity index (χ4n) is 4.11. The second kappa shape index (κ2) is 12.2. The molecule has 172 valence electrons. The Hall–Kier alpha value is -3.11. The minimum atomic E-state index is -0.569. The smallest absolute Gasteiger partial charge is 0.242 e. The van der Waals surface area contributed by atoms with E-state index in [1.54, 1.807) is 4.90 Å². The van der Waals surface area contributed by atoms with Gasteiger partial charge in [-0.1, -0.05) is 97.4 Å². The van der Waals surface area contributed by atoms with E-state index in [-0.39, 0.29) is 30.7 Å². The van der Waals surface area contributed by atoms with Crippen molar-refractivity contribution >= 4 is 23.4 Å². The molecule has 3 aromatic rings. The van der Waals surface area contributed by atoms with E-state index in [1.165, 1.54) is 0 Å². The van der Waals surface area contributed by atoms with Crippen LogP contribution in [0.1, 0.15) is 49.3 Å². The van der Waals surface area contributed by atoms with Crippen LogP contribution in [0.5, 0.6) is 0 Å². The molecule has 0 unspecified atom stereocenters. The van der Waals surface area contributed by atoms with Crippen molar-refractivity contribution in [2.24, 2.45) is 0 Å². The molecule has 5 heteroatoms. The van der Waals surface area contributed by atoms with Crippen LogP contribution in [-0.4, -0.2) is 29.3 Å².